The number of aromatic nitrogens is 3. The Balaban J connectivity index is 1.52. The van der Waals surface area contributed by atoms with Crippen LogP contribution in [0.5, 0.6) is 0 Å². The SMILES string of the molecule is Cc1ccc(-c2ccc3nnc(COCc4ccc(F)cc4)n3c2)cc1. The summed E-state index contributed by atoms with van der Waals surface area (Å²) in [5, 5.41) is 8.41. The van der Waals surface area contributed by atoms with E-state index in [1.54, 1.807) is 12.1 Å². The molecule has 26 heavy (non-hydrogen) atoms. The van der Waals surface area contributed by atoms with E-state index in [-0.39, 0.29) is 5.82 Å². The number of rotatable bonds is 5. The van der Waals surface area contributed by atoms with Crippen LogP contribution in [0.25, 0.3) is 16.8 Å². The maximum atomic E-state index is 12.9. The third-order valence-corrected chi connectivity index (χ3v) is 4.27. The number of halogens is 1. The number of hydrogen-bond donors (Lipinski definition) is 0. The van der Waals surface area contributed by atoms with Crippen LogP contribution in [0.15, 0.2) is 66.9 Å². The van der Waals surface area contributed by atoms with E-state index in [4.69, 9.17) is 4.74 Å². The summed E-state index contributed by atoms with van der Waals surface area (Å²) in [5.41, 5.74) is 5.16. The van der Waals surface area contributed by atoms with E-state index in [0.29, 0.717) is 13.2 Å². The van der Waals surface area contributed by atoms with E-state index in [1.807, 2.05) is 22.7 Å². The average Bonchev–Trinajstić information content (AvgIpc) is 3.06. The van der Waals surface area contributed by atoms with Gasteiger partial charge in [-0.2, -0.15) is 0 Å². The predicted molar refractivity (Wildman–Crippen MR) is 98.1 cm³/mol. The van der Waals surface area contributed by atoms with Crippen molar-refractivity contribution < 1.29 is 9.13 Å². The van der Waals surface area contributed by atoms with Crippen LogP contribution in [-0.4, -0.2) is 14.6 Å². The maximum Gasteiger partial charge on any atom is 0.163 e. The summed E-state index contributed by atoms with van der Waals surface area (Å²) in [7, 11) is 0. The molecule has 0 aliphatic carbocycles. The van der Waals surface area contributed by atoms with Gasteiger partial charge in [0.25, 0.3) is 0 Å². The van der Waals surface area contributed by atoms with E-state index in [2.05, 4.69) is 41.4 Å². The zero-order valence-corrected chi connectivity index (χ0v) is 14.4. The Bertz CT molecular complexity index is 1020. The summed E-state index contributed by atoms with van der Waals surface area (Å²) in [5.74, 6) is 0.483. The molecule has 0 fully saturated rings. The third kappa shape index (κ3) is 3.48. The molecular weight excluding hydrogens is 329 g/mol. The average molecular weight is 347 g/mol. The summed E-state index contributed by atoms with van der Waals surface area (Å²) < 4.78 is 20.6. The Morgan fingerprint density at radius 3 is 2.35 bits per heavy atom. The molecule has 0 aliphatic rings. The zero-order chi connectivity index (χ0) is 17.9. The lowest BCUT2D eigenvalue weighted by Crippen LogP contribution is -2.00. The van der Waals surface area contributed by atoms with Gasteiger partial charge in [-0.05, 0) is 47.9 Å². The molecule has 2 heterocycles. The number of fused-ring (bicyclic) bond motifs is 1. The highest BCUT2D eigenvalue weighted by Gasteiger charge is 2.08. The fraction of sp³-hybridized carbons (Fsp3) is 0.143. The molecule has 5 heteroatoms. The molecule has 0 amide bonds. The van der Waals surface area contributed by atoms with Gasteiger partial charge in [0.15, 0.2) is 11.5 Å². The second-order valence-electron chi connectivity index (χ2n) is 6.25. The summed E-state index contributed by atoms with van der Waals surface area (Å²) in [6.07, 6.45) is 2.02. The first-order chi connectivity index (χ1) is 12.7. The molecular formula is C21H18FN3O. The van der Waals surface area contributed by atoms with E-state index >= 15 is 0 Å². The van der Waals surface area contributed by atoms with Crippen molar-refractivity contribution in [3.8, 4) is 11.1 Å². The first-order valence-corrected chi connectivity index (χ1v) is 8.42. The molecule has 0 bridgehead atoms. The number of aryl methyl sites for hydroxylation is 1. The standard InChI is InChI=1S/C21H18FN3O/c1-15-2-6-17(7-3-15)18-8-11-20-23-24-21(25(20)12-18)14-26-13-16-4-9-19(22)10-5-16/h2-12H,13-14H2,1H3. The maximum absolute atomic E-state index is 12.9. The topological polar surface area (TPSA) is 39.4 Å². The van der Waals surface area contributed by atoms with Gasteiger partial charge in [-0.25, -0.2) is 4.39 Å². The van der Waals surface area contributed by atoms with Crippen molar-refractivity contribution in [2.45, 2.75) is 20.1 Å². The number of benzene rings is 2. The molecule has 0 aliphatic heterocycles. The van der Waals surface area contributed by atoms with Crippen LogP contribution in [0.3, 0.4) is 0 Å². The fourth-order valence-electron chi connectivity index (χ4n) is 2.79. The molecule has 2 aromatic carbocycles. The molecule has 2 aromatic heterocycles. The number of ether oxygens (including phenoxy) is 1. The van der Waals surface area contributed by atoms with E-state index in [0.717, 1.165) is 28.2 Å². The number of nitrogens with zero attached hydrogens (tertiary/aromatic N) is 3. The van der Waals surface area contributed by atoms with Crippen LogP contribution in [0.4, 0.5) is 4.39 Å². The van der Waals surface area contributed by atoms with Crippen LogP contribution in [-0.2, 0) is 18.0 Å². The summed E-state index contributed by atoms with van der Waals surface area (Å²) in [6, 6.07) is 18.7. The van der Waals surface area contributed by atoms with E-state index < -0.39 is 0 Å². The van der Waals surface area contributed by atoms with Crippen molar-refractivity contribution in [2.24, 2.45) is 0 Å². The fourth-order valence-corrected chi connectivity index (χ4v) is 2.79. The first-order valence-electron chi connectivity index (χ1n) is 8.42. The van der Waals surface area contributed by atoms with E-state index in [9.17, 15) is 4.39 Å². The zero-order valence-electron chi connectivity index (χ0n) is 14.4. The minimum Gasteiger partial charge on any atom is -0.369 e. The Labute approximate surface area is 150 Å². The second-order valence-corrected chi connectivity index (χ2v) is 6.25. The molecule has 4 aromatic rings. The van der Waals surface area contributed by atoms with Gasteiger partial charge in [0.05, 0.1) is 6.61 Å². The van der Waals surface area contributed by atoms with Gasteiger partial charge in [0, 0.05) is 6.20 Å². The normalized spacial score (nSPS) is 11.2. The number of pyridine rings is 1. The van der Waals surface area contributed by atoms with Crippen molar-refractivity contribution >= 4 is 5.65 Å². The third-order valence-electron chi connectivity index (χ3n) is 4.27. The Hall–Kier alpha value is -3.05. The molecule has 0 N–H and O–H groups in total. The highest BCUT2D eigenvalue weighted by Crippen LogP contribution is 2.21. The largest absolute Gasteiger partial charge is 0.369 e. The Morgan fingerprint density at radius 1 is 0.846 bits per heavy atom. The molecule has 4 rings (SSSR count). The van der Waals surface area contributed by atoms with Gasteiger partial charge in [-0.15, -0.1) is 10.2 Å². The molecule has 0 unspecified atom stereocenters. The number of hydrogen-bond acceptors (Lipinski definition) is 3. The van der Waals surface area contributed by atoms with Crippen LogP contribution in [0.2, 0.25) is 0 Å². The Morgan fingerprint density at radius 2 is 1.58 bits per heavy atom. The molecule has 0 saturated carbocycles. The minimum absolute atomic E-state index is 0.249. The highest BCUT2D eigenvalue weighted by atomic mass is 19.1. The Kier molecular flexibility index (Phi) is 4.46. The summed E-state index contributed by atoms with van der Waals surface area (Å²) in [4.78, 5) is 0. The molecule has 0 radical (unpaired) electrons. The highest BCUT2D eigenvalue weighted by molar-refractivity contribution is 5.64. The molecule has 4 nitrogen and oxygen atoms in total. The van der Waals surface area contributed by atoms with E-state index in [1.165, 1.54) is 17.7 Å². The van der Waals surface area contributed by atoms with Crippen molar-refractivity contribution in [3.63, 3.8) is 0 Å². The van der Waals surface area contributed by atoms with Crippen molar-refractivity contribution in [2.75, 3.05) is 0 Å². The smallest absolute Gasteiger partial charge is 0.163 e. The summed E-state index contributed by atoms with van der Waals surface area (Å²) in [6.45, 7) is 2.80. The molecule has 0 saturated heterocycles. The van der Waals surface area contributed by atoms with Crippen LogP contribution >= 0.6 is 0 Å². The van der Waals surface area contributed by atoms with Gasteiger partial charge in [-0.1, -0.05) is 42.0 Å². The van der Waals surface area contributed by atoms with Crippen LogP contribution in [0, 0.1) is 12.7 Å². The van der Waals surface area contributed by atoms with Gasteiger partial charge in [0.2, 0.25) is 0 Å². The lowest BCUT2D eigenvalue weighted by Gasteiger charge is -2.06. The monoisotopic (exact) mass is 347 g/mol. The lowest BCUT2D eigenvalue weighted by atomic mass is 10.1. The quantitative estimate of drug-likeness (QED) is 0.531. The predicted octanol–water partition coefficient (Wildman–Crippen LogP) is 4.56. The second kappa shape index (κ2) is 7.06. The lowest BCUT2D eigenvalue weighted by molar-refractivity contribution is 0.101. The molecule has 0 atom stereocenters. The molecule has 130 valence electrons. The van der Waals surface area contributed by atoms with Gasteiger partial charge in [-0.3, -0.25) is 4.40 Å². The first kappa shape index (κ1) is 16.4. The van der Waals surface area contributed by atoms with Crippen molar-refractivity contribution in [1.29, 1.82) is 0 Å². The van der Waals surface area contributed by atoms with Gasteiger partial charge < -0.3 is 4.74 Å². The van der Waals surface area contributed by atoms with Gasteiger partial charge in [0.1, 0.15) is 12.4 Å². The molecule has 0 spiro atoms. The minimum atomic E-state index is -0.249. The summed E-state index contributed by atoms with van der Waals surface area (Å²) >= 11 is 0. The van der Waals surface area contributed by atoms with Gasteiger partial charge >= 0.3 is 0 Å². The van der Waals surface area contributed by atoms with Crippen LogP contribution < -0.4 is 0 Å². The van der Waals surface area contributed by atoms with Crippen molar-refractivity contribution in [1.82, 2.24) is 14.6 Å². The van der Waals surface area contributed by atoms with Crippen LogP contribution in [0.1, 0.15) is 17.0 Å². The van der Waals surface area contributed by atoms with Crippen molar-refractivity contribution in [3.05, 3.63) is 89.6 Å².